The van der Waals surface area contributed by atoms with Gasteiger partial charge in [-0.2, -0.15) is 0 Å². The Balaban J connectivity index is 1.41. The number of hydrogen-bond acceptors (Lipinski definition) is 5. The minimum Gasteiger partial charge on any atom is -0.356 e. The molecule has 2 aromatic heterocycles. The molecule has 1 amide bonds. The van der Waals surface area contributed by atoms with Crippen molar-refractivity contribution in [3.8, 4) is 0 Å². The smallest absolute Gasteiger partial charge is 0.239 e. The summed E-state index contributed by atoms with van der Waals surface area (Å²) in [5, 5.41) is 15.0. The lowest BCUT2D eigenvalue weighted by molar-refractivity contribution is -0.133. The third kappa shape index (κ3) is 4.78. The van der Waals surface area contributed by atoms with Crippen molar-refractivity contribution in [2.24, 2.45) is 4.99 Å². The van der Waals surface area contributed by atoms with Crippen molar-refractivity contribution >= 4 is 17.5 Å². The highest BCUT2D eigenvalue weighted by molar-refractivity contribution is 5.81. The largest absolute Gasteiger partial charge is 0.356 e. The number of fused-ring (bicyclic) bond motifs is 1. The number of carbonyl (C=O) groups excluding carboxylic acids is 1. The van der Waals surface area contributed by atoms with E-state index in [2.05, 4.69) is 30.7 Å². The molecule has 1 fully saturated rings. The van der Waals surface area contributed by atoms with E-state index < -0.39 is 0 Å². The average molecular weight is 387 g/mol. The van der Waals surface area contributed by atoms with Crippen LogP contribution < -0.4 is 10.6 Å². The molecule has 0 spiro atoms. The number of guanidine groups is 1. The van der Waals surface area contributed by atoms with Gasteiger partial charge in [-0.15, -0.1) is 10.2 Å². The Morgan fingerprint density at radius 2 is 2.18 bits per heavy atom. The molecule has 9 nitrogen and oxygen atoms in total. The van der Waals surface area contributed by atoms with Crippen LogP contribution in [0.2, 0.25) is 0 Å². The fourth-order valence-electron chi connectivity index (χ4n) is 3.56. The van der Waals surface area contributed by atoms with Crippen molar-refractivity contribution in [1.29, 1.82) is 0 Å². The van der Waals surface area contributed by atoms with Crippen molar-refractivity contribution < 1.29 is 4.79 Å². The number of amides is 1. The summed E-state index contributed by atoms with van der Waals surface area (Å²) in [5.41, 5.74) is 0.828. The van der Waals surface area contributed by atoms with Gasteiger partial charge >= 0.3 is 0 Å². The summed E-state index contributed by atoms with van der Waals surface area (Å²) < 4.78 is 1.95. The highest BCUT2D eigenvalue weighted by Crippen LogP contribution is 2.18. The van der Waals surface area contributed by atoms with E-state index in [1.54, 1.807) is 11.9 Å². The number of nitrogens with one attached hydrogen (secondary N) is 2. The second-order valence-corrected chi connectivity index (χ2v) is 7.18. The molecule has 1 unspecified atom stereocenters. The zero-order chi connectivity index (χ0) is 19.9. The number of likely N-dealkylation sites (N-methyl/N-ethyl adjacent to an activating group) is 1. The minimum absolute atomic E-state index is 0.0358. The summed E-state index contributed by atoms with van der Waals surface area (Å²) in [4.78, 5) is 20.5. The summed E-state index contributed by atoms with van der Waals surface area (Å²) in [7, 11) is 5.41. The number of rotatable bonds is 7. The van der Waals surface area contributed by atoms with Gasteiger partial charge < -0.3 is 15.5 Å². The van der Waals surface area contributed by atoms with E-state index in [9.17, 15) is 4.79 Å². The van der Waals surface area contributed by atoms with E-state index in [1.165, 1.54) is 0 Å². The van der Waals surface area contributed by atoms with Crippen LogP contribution in [0.5, 0.6) is 0 Å². The highest BCUT2D eigenvalue weighted by atomic mass is 16.2. The summed E-state index contributed by atoms with van der Waals surface area (Å²) in [6.45, 7) is 3.23. The van der Waals surface area contributed by atoms with E-state index in [-0.39, 0.29) is 11.9 Å². The molecule has 1 atom stereocenters. The first-order valence-corrected chi connectivity index (χ1v) is 9.78. The third-order valence-corrected chi connectivity index (χ3v) is 5.03. The van der Waals surface area contributed by atoms with Gasteiger partial charge in [-0.1, -0.05) is 6.07 Å². The fourth-order valence-corrected chi connectivity index (χ4v) is 3.56. The summed E-state index contributed by atoms with van der Waals surface area (Å²) in [6.07, 6.45) is 4.95. The number of hydrogen-bond donors (Lipinski definition) is 2. The van der Waals surface area contributed by atoms with Gasteiger partial charge in [0.1, 0.15) is 0 Å². The van der Waals surface area contributed by atoms with Crippen molar-refractivity contribution in [2.75, 3.05) is 40.8 Å². The van der Waals surface area contributed by atoms with Crippen LogP contribution in [0.15, 0.2) is 29.4 Å². The molecule has 1 aliphatic heterocycles. The van der Waals surface area contributed by atoms with Gasteiger partial charge in [0.15, 0.2) is 17.4 Å². The van der Waals surface area contributed by atoms with Gasteiger partial charge in [0.05, 0.1) is 12.6 Å². The molecule has 3 rings (SSSR count). The molecule has 9 heteroatoms. The van der Waals surface area contributed by atoms with Crippen LogP contribution in [0.25, 0.3) is 5.65 Å². The molecular formula is C19H30N8O. The van der Waals surface area contributed by atoms with E-state index in [0.717, 1.165) is 56.3 Å². The monoisotopic (exact) mass is 386 g/mol. The number of aliphatic imine (C=N–C) groups is 1. The fraction of sp³-hybridized carbons (Fsp3) is 0.579. The van der Waals surface area contributed by atoms with Gasteiger partial charge in [-0.05, 0) is 37.9 Å². The quantitative estimate of drug-likeness (QED) is 0.405. The minimum atomic E-state index is 0.0358. The Bertz CT molecular complexity index is 815. The predicted octanol–water partition coefficient (Wildman–Crippen LogP) is 0.337. The maximum atomic E-state index is 12.3. The van der Waals surface area contributed by atoms with Crippen LogP contribution in [-0.2, 0) is 11.3 Å². The van der Waals surface area contributed by atoms with E-state index >= 15 is 0 Å². The molecular weight excluding hydrogens is 356 g/mol. The number of carbonyl (C=O) groups is 1. The van der Waals surface area contributed by atoms with Gasteiger partial charge in [0, 0.05) is 40.4 Å². The standard InChI is InChI=1S/C19H30N8O/c1-20-19(22-14-17-24-23-16-9-4-5-13-27(16)17)21-10-7-12-26-11-6-8-15(26)18(28)25(2)3/h4-5,9,13,15H,6-8,10-12,14H2,1-3H3,(H2,20,21,22). The van der Waals surface area contributed by atoms with Gasteiger partial charge in [0.2, 0.25) is 5.91 Å². The molecule has 0 saturated carbocycles. The summed E-state index contributed by atoms with van der Waals surface area (Å²) in [5.74, 6) is 1.78. The lowest BCUT2D eigenvalue weighted by Crippen LogP contribution is -2.44. The first kappa shape index (κ1) is 20.1. The van der Waals surface area contributed by atoms with Gasteiger partial charge in [-0.3, -0.25) is 19.1 Å². The first-order valence-electron chi connectivity index (χ1n) is 9.78. The molecule has 2 N–H and O–H groups in total. The Hall–Kier alpha value is -2.68. The van der Waals surface area contributed by atoms with Crippen molar-refractivity contribution in [3.05, 3.63) is 30.2 Å². The molecule has 152 valence electrons. The maximum Gasteiger partial charge on any atom is 0.239 e. The van der Waals surface area contributed by atoms with Gasteiger partial charge in [0.25, 0.3) is 0 Å². The van der Waals surface area contributed by atoms with Crippen LogP contribution in [0.1, 0.15) is 25.1 Å². The SMILES string of the molecule is CN=C(NCCCN1CCCC1C(=O)N(C)C)NCc1nnc2ccccn12. The number of aromatic nitrogens is 3. The lowest BCUT2D eigenvalue weighted by atomic mass is 10.2. The zero-order valence-electron chi connectivity index (χ0n) is 16.9. The van der Waals surface area contributed by atoms with Crippen molar-refractivity contribution in [3.63, 3.8) is 0 Å². The van der Waals surface area contributed by atoms with Crippen LogP contribution in [0.3, 0.4) is 0 Å². The van der Waals surface area contributed by atoms with Crippen LogP contribution in [0.4, 0.5) is 0 Å². The predicted molar refractivity (Wildman–Crippen MR) is 109 cm³/mol. The van der Waals surface area contributed by atoms with Crippen LogP contribution >= 0.6 is 0 Å². The second kappa shape index (κ2) is 9.50. The summed E-state index contributed by atoms with van der Waals surface area (Å²) in [6, 6.07) is 5.86. The zero-order valence-corrected chi connectivity index (χ0v) is 16.9. The highest BCUT2D eigenvalue weighted by Gasteiger charge is 2.30. The second-order valence-electron chi connectivity index (χ2n) is 7.18. The summed E-state index contributed by atoms with van der Waals surface area (Å²) >= 11 is 0. The Kier molecular flexibility index (Phi) is 6.80. The van der Waals surface area contributed by atoms with E-state index in [1.807, 2.05) is 42.9 Å². The molecule has 1 saturated heterocycles. The maximum absolute atomic E-state index is 12.3. The third-order valence-electron chi connectivity index (χ3n) is 5.03. The van der Waals surface area contributed by atoms with Crippen molar-refractivity contribution in [2.45, 2.75) is 31.8 Å². The normalized spacial score (nSPS) is 17.8. The average Bonchev–Trinajstić information content (AvgIpc) is 3.33. The van der Waals surface area contributed by atoms with E-state index in [0.29, 0.717) is 6.54 Å². The first-order chi connectivity index (χ1) is 13.6. The van der Waals surface area contributed by atoms with Crippen LogP contribution in [-0.4, -0.2) is 83.1 Å². The Labute approximate surface area is 165 Å². The van der Waals surface area contributed by atoms with Crippen molar-refractivity contribution in [1.82, 2.24) is 35.0 Å². The molecule has 0 aromatic carbocycles. The van der Waals surface area contributed by atoms with E-state index in [4.69, 9.17) is 0 Å². The molecule has 2 aromatic rings. The molecule has 0 aliphatic carbocycles. The van der Waals surface area contributed by atoms with Gasteiger partial charge in [-0.25, -0.2) is 0 Å². The number of nitrogens with zero attached hydrogens (tertiary/aromatic N) is 6. The number of pyridine rings is 1. The molecule has 0 bridgehead atoms. The topological polar surface area (TPSA) is 90.2 Å². The Morgan fingerprint density at radius 3 is 2.96 bits per heavy atom. The molecule has 3 heterocycles. The molecule has 28 heavy (non-hydrogen) atoms. The number of likely N-dealkylation sites (tertiary alicyclic amines) is 1. The lowest BCUT2D eigenvalue weighted by Gasteiger charge is -2.26. The molecule has 0 radical (unpaired) electrons. The Morgan fingerprint density at radius 1 is 1.32 bits per heavy atom. The molecule has 1 aliphatic rings. The van der Waals surface area contributed by atoms with Crippen LogP contribution in [0, 0.1) is 0 Å².